The number of hydrogen-bond donors (Lipinski definition) is 1. The molecule has 0 radical (unpaired) electrons. The summed E-state index contributed by atoms with van der Waals surface area (Å²) >= 11 is 1.48. The summed E-state index contributed by atoms with van der Waals surface area (Å²) in [4.78, 5) is 24.5. The Hall–Kier alpha value is -1.79. The third-order valence-electron chi connectivity index (χ3n) is 4.33. The van der Waals surface area contributed by atoms with E-state index in [1.54, 1.807) is 17.9 Å². The van der Waals surface area contributed by atoms with Gasteiger partial charge in [-0.1, -0.05) is 26.8 Å². The zero-order valence-electron chi connectivity index (χ0n) is 15.2. The number of nitrogens with one attached hydrogen (secondary N) is 1. The van der Waals surface area contributed by atoms with Crippen molar-refractivity contribution in [3.63, 3.8) is 0 Å². The first-order chi connectivity index (χ1) is 11.9. The van der Waals surface area contributed by atoms with Crippen molar-refractivity contribution < 1.29 is 4.79 Å². The Balaban J connectivity index is 1.59. The predicted molar refractivity (Wildman–Crippen MR) is 102 cm³/mol. The van der Waals surface area contributed by atoms with E-state index in [9.17, 15) is 4.79 Å². The quantitative estimate of drug-likeness (QED) is 0.909. The molecule has 0 aliphatic carbocycles. The number of pyridine rings is 1. The van der Waals surface area contributed by atoms with Gasteiger partial charge in [-0.15, -0.1) is 11.3 Å². The van der Waals surface area contributed by atoms with E-state index >= 15 is 0 Å². The van der Waals surface area contributed by atoms with Crippen LogP contribution >= 0.6 is 11.3 Å². The molecule has 0 saturated carbocycles. The summed E-state index contributed by atoms with van der Waals surface area (Å²) in [7, 11) is 0. The van der Waals surface area contributed by atoms with Gasteiger partial charge in [0.1, 0.15) is 5.69 Å². The molecular formula is C19H26N4OS. The lowest BCUT2D eigenvalue weighted by atomic mass is 9.94. The Morgan fingerprint density at radius 3 is 2.76 bits per heavy atom. The van der Waals surface area contributed by atoms with Crippen LogP contribution < -0.4 is 5.32 Å². The number of aromatic nitrogens is 2. The van der Waals surface area contributed by atoms with Crippen LogP contribution in [0.2, 0.25) is 0 Å². The van der Waals surface area contributed by atoms with E-state index in [1.165, 1.54) is 11.3 Å². The third kappa shape index (κ3) is 4.86. The number of thiazole rings is 1. The van der Waals surface area contributed by atoms with Gasteiger partial charge in [-0.25, -0.2) is 4.98 Å². The molecule has 2 aromatic rings. The monoisotopic (exact) mass is 358 g/mol. The van der Waals surface area contributed by atoms with Crippen molar-refractivity contribution in [1.29, 1.82) is 0 Å². The van der Waals surface area contributed by atoms with Gasteiger partial charge >= 0.3 is 0 Å². The number of carbonyl (C=O) groups is 1. The number of likely N-dealkylation sites (tertiary alicyclic amines) is 1. The summed E-state index contributed by atoms with van der Waals surface area (Å²) in [6, 6.07) is 4.07. The second-order valence-electron chi connectivity index (χ2n) is 7.86. The van der Waals surface area contributed by atoms with Gasteiger partial charge in [-0.2, -0.15) is 0 Å². The summed E-state index contributed by atoms with van der Waals surface area (Å²) in [6.45, 7) is 9.98. The van der Waals surface area contributed by atoms with Crippen molar-refractivity contribution >= 4 is 17.2 Å². The lowest BCUT2D eigenvalue weighted by molar-refractivity contribution is 0.0892. The van der Waals surface area contributed by atoms with Gasteiger partial charge in [0.05, 0.1) is 10.4 Å². The summed E-state index contributed by atoms with van der Waals surface area (Å²) in [5, 5.41) is 3.17. The fraction of sp³-hybridized carbons (Fsp3) is 0.526. The summed E-state index contributed by atoms with van der Waals surface area (Å²) in [5.74, 6) is -0.0747. The van der Waals surface area contributed by atoms with E-state index in [-0.39, 0.29) is 11.9 Å². The van der Waals surface area contributed by atoms with E-state index in [4.69, 9.17) is 0 Å². The maximum Gasteiger partial charge on any atom is 0.271 e. The molecule has 0 spiro atoms. The van der Waals surface area contributed by atoms with Crippen molar-refractivity contribution in [2.45, 2.75) is 39.7 Å². The molecule has 1 aliphatic heterocycles. The summed E-state index contributed by atoms with van der Waals surface area (Å²) in [6.07, 6.45) is 5.49. The molecule has 25 heavy (non-hydrogen) atoms. The van der Waals surface area contributed by atoms with Crippen LogP contribution in [0.15, 0.2) is 30.0 Å². The molecule has 3 heterocycles. The van der Waals surface area contributed by atoms with Crippen LogP contribution in [0.25, 0.3) is 10.4 Å². The Morgan fingerprint density at radius 2 is 2.12 bits per heavy atom. The summed E-state index contributed by atoms with van der Waals surface area (Å²) in [5.41, 5.74) is 3.49. The second-order valence-corrected chi connectivity index (χ2v) is 8.71. The van der Waals surface area contributed by atoms with Crippen LogP contribution in [0.3, 0.4) is 0 Å². The van der Waals surface area contributed by atoms with Crippen molar-refractivity contribution in [3.05, 3.63) is 35.7 Å². The Kier molecular flexibility index (Phi) is 5.49. The highest BCUT2D eigenvalue weighted by atomic mass is 32.1. The first-order valence-corrected chi connectivity index (χ1v) is 9.67. The maximum atomic E-state index is 12.7. The molecule has 0 aromatic carbocycles. The standard InChI is InChI=1S/C19H26N4OS/c1-19(2,3)12-23-9-6-15(7-10-23)22-18(24)16-17(25-13-21-16)14-5-4-8-20-11-14/h4-5,8,11,13,15H,6-7,9-10,12H2,1-3H3,(H,22,24). The van der Waals surface area contributed by atoms with Crippen LogP contribution in [0.1, 0.15) is 44.1 Å². The van der Waals surface area contributed by atoms with E-state index in [1.807, 2.05) is 12.1 Å². The minimum atomic E-state index is -0.0747. The number of hydrogen-bond acceptors (Lipinski definition) is 5. The van der Waals surface area contributed by atoms with Gasteiger partial charge < -0.3 is 10.2 Å². The number of nitrogens with zero attached hydrogens (tertiary/aromatic N) is 3. The molecule has 3 rings (SSSR count). The highest BCUT2D eigenvalue weighted by molar-refractivity contribution is 7.13. The fourth-order valence-corrected chi connectivity index (χ4v) is 4.05. The molecule has 1 saturated heterocycles. The molecule has 1 amide bonds. The van der Waals surface area contributed by atoms with Crippen LogP contribution in [0.5, 0.6) is 0 Å². The van der Waals surface area contributed by atoms with Crippen LogP contribution in [-0.2, 0) is 0 Å². The highest BCUT2D eigenvalue weighted by Crippen LogP contribution is 2.27. The molecule has 134 valence electrons. The number of rotatable bonds is 4. The molecule has 1 fully saturated rings. The molecule has 1 aliphatic rings. The molecular weight excluding hydrogens is 332 g/mol. The van der Waals surface area contributed by atoms with Crippen LogP contribution in [0, 0.1) is 5.41 Å². The van der Waals surface area contributed by atoms with E-state index in [2.05, 4.69) is 41.0 Å². The molecule has 1 N–H and O–H groups in total. The van der Waals surface area contributed by atoms with Gasteiger partial charge in [-0.3, -0.25) is 9.78 Å². The summed E-state index contributed by atoms with van der Waals surface area (Å²) < 4.78 is 0. The minimum Gasteiger partial charge on any atom is -0.348 e. The lowest BCUT2D eigenvalue weighted by Crippen LogP contribution is -2.46. The zero-order valence-corrected chi connectivity index (χ0v) is 16.0. The first-order valence-electron chi connectivity index (χ1n) is 8.79. The Morgan fingerprint density at radius 1 is 1.36 bits per heavy atom. The lowest BCUT2D eigenvalue weighted by Gasteiger charge is -2.36. The average molecular weight is 359 g/mol. The van der Waals surface area contributed by atoms with E-state index < -0.39 is 0 Å². The van der Waals surface area contributed by atoms with E-state index in [0.29, 0.717) is 11.1 Å². The van der Waals surface area contributed by atoms with Gasteiger partial charge in [0.15, 0.2) is 0 Å². The van der Waals surface area contributed by atoms with Gasteiger partial charge in [0, 0.05) is 43.6 Å². The highest BCUT2D eigenvalue weighted by Gasteiger charge is 2.25. The topological polar surface area (TPSA) is 58.1 Å². The van der Waals surface area contributed by atoms with Crippen molar-refractivity contribution in [2.24, 2.45) is 5.41 Å². The van der Waals surface area contributed by atoms with E-state index in [0.717, 1.165) is 42.9 Å². The minimum absolute atomic E-state index is 0.0747. The van der Waals surface area contributed by atoms with Crippen LogP contribution in [-0.4, -0.2) is 46.5 Å². The molecule has 5 nitrogen and oxygen atoms in total. The first kappa shape index (κ1) is 18.0. The second kappa shape index (κ2) is 7.62. The maximum absolute atomic E-state index is 12.7. The molecule has 0 bridgehead atoms. The van der Waals surface area contributed by atoms with Crippen molar-refractivity contribution in [3.8, 4) is 10.4 Å². The Labute approximate surface area is 153 Å². The molecule has 0 unspecified atom stereocenters. The van der Waals surface area contributed by atoms with Crippen molar-refractivity contribution in [1.82, 2.24) is 20.2 Å². The SMILES string of the molecule is CC(C)(C)CN1CCC(NC(=O)c2ncsc2-c2cccnc2)CC1. The number of piperidine rings is 1. The Bertz CT molecular complexity index is 700. The van der Waals surface area contributed by atoms with Gasteiger partial charge in [-0.05, 0) is 24.3 Å². The van der Waals surface area contributed by atoms with Gasteiger partial charge in [0.2, 0.25) is 0 Å². The number of amides is 1. The normalized spacial score (nSPS) is 16.8. The largest absolute Gasteiger partial charge is 0.348 e. The van der Waals surface area contributed by atoms with Crippen molar-refractivity contribution in [2.75, 3.05) is 19.6 Å². The number of carbonyl (C=O) groups excluding carboxylic acids is 1. The molecule has 2 aromatic heterocycles. The molecule has 6 heteroatoms. The van der Waals surface area contributed by atoms with Crippen LogP contribution in [0.4, 0.5) is 0 Å². The van der Waals surface area contributed by atoms with Gasteiger partial charge in [0.25, 0.3) is 5.91 Å². The molecule has 0 atom stereocenters. The fourth-order valence-electron chi connectivity index (χ4n) is 3.27. The zero-order chi connectivity index (χ0) is 17.9. The average Bonchev–Trinajstić information content (AvgIpc) is 3.06. The smallest absolute Gasteiger partial charge is 0.271 e. The third-order valence-corrected chi connectivity index (χ3v) is 5.20. The predicted octanol–water partition coefficient (Wildman–Crippen LogP) is 3.45.